The summed E-state index contributed by atoms with van der Waals surface area (Å²) >= 11 is 0. The minimum atomic E-state index is -0.243. The van der Waals surface area contributed by atoms with Crippen molar-refractivity contribution in [1.82, 2.24) is 0 Å². The summed E-state index contributed by atoms with van der Waals surface area (Å²) in [5, 5.41) is 8.95. The number of carbonyl (C=O) groups excluding carboxylic acids is 1. The zero-order chi connectivity index (χ0) is 10.8. The molecule has 1 aliphatic heterocycles. The van der Waals surface area contributed by atoms with Crippen molar-refractivity contribution >= 4 is 5.78 Å². The smallest absolute Gasteiger partial charge is 0.159 e. The molecule has 0 spiro atoms. The van der Waals surface area contributed by atoms with Gasteiger partial charge >= 0.3 is 0 Å². The molecule has 0 amide bonds. The van der Waals surface area contributed by atoms with Gasteiger partial charge in [-0.1, -0.05) is 12.1 Å². The lowest BCUT2D eigenvalue weighted by Gasteiger charge is -2.21. The normalized spacial score (nSPS) is 19.1. The summed E-state index contributed by atoms with van der Waals surface area (Å²) in [5.74, 6) is -0.214. The number of hydrogen-bond donors (Lipinski definition) is 0. The molecule has 15 heavy (non-hydrogen) atoms. The molecule has 0 radical (unpaired) electrons. The van der Waals surface area contributed by atoms with E-state index < -0.39 is 0 Å². The van der Waals surface area contributed by atoms with Crippen molar-refractivity contribution in [3.05, 3.63) is 34.9 Å². The Morgan fingerprint density at radius 1 is 1.60 bits per heavy atom. The number of fused-ring (bicyclic) bond motifs is 1. The molecule has 76 valence electrons. The van der Waals surface area contributed by atoms with Crippen LogP contribution in [0.4, 0.5) is 0 Å². The number of ketones is 1. The number of benzene rings is 1. The zero-order valence-corrected chi connectivity index (χ0v) is 8.49. The molecule has 1 atom stereocenters. The summed E-state index contributed by atoms with van der Waals surface area (Å²) in [5.41, 5.74) is 2.62. The molecule has 0 saturated heterocycles. The predicted octanol–water partition coefficient (Wildman–Crippen LogP) is 2.03. The fraction of sp³-hybridized carbons (Fsp3) is 0.333. The number of ether oxygens (including phenoxy) is 1. The van der Waals surface area contributed by atoms with Crippen molar-refractivity contribution in [3.63, 3.8) is 0 Å². The molecule has 0 fully saturated rings. The highest BCUT2D eigenvalue weighted by Gasteiger charge is 2.21. The fourth-order valence-corrected chi connectivity index (χ4v) is 1.75. The second-order valence-electron chi connectivity index (χ2n) is 3.67. The second kappa shape index (κ2) is 3.84. The van der Waals surface area contributed by atoms with E-state index in [1.807, 2.05) is 12.1 Å². The maximum Gasteiger partial charge on any atom is 0.159 e. The average molecular weight is 201 g/mol. The molecule has 1 unspecified atom stereocenters. The molecule has 0 saturated carbocycles. The van der Waals surface area contributed by atoms with Crippen molar-refractivity contribution in [1.29, 1.82) is 5.26 Å². The van der Waals surface area contributed by atoms with E-state index in [4.69, 9.17) is 10.00 Å². The third-order valence-corrected chi connectivity index (χ3v) is 2.63. The minimum absolute atomic E-state index is 0.0287. The molecule has 1 aromatic rings. The first-order valence-corrected chi connectivity index (χ1v) is 4.83. The van der Waals surface area contributed by atoms with Gasteiger partial charge in [0.25, 0.3) is 0 Å². The van der Waals surface area contributed by atoms with Gasteiger partial charge in [-0.15, -0.1) is 0 Å². The molecule has 3 heteroatoms. The Bertz CT molecular complexity index is 445. The third kappa shape index (κ3) is 1.77. The van der Waals surface area contributed by atoms with Crippen LogP contribution < -0.4 is 0 Å². The van der Waals surface area contributed by atoms with Crippen molar-refractivity contribution < 1.29 is 9.53 Å². The lowest BCUT2D eigenvalue weighted by Crippen LogP contribution is -2.16. The summed E-state index contributed by atoms with van der Waals surface area (Å²) < 4.78 is 5.29. The largest absolute Gasteiger partial charge is 0.375 e. The van der Waals surface area contributed by atoms with E-state index in [-0.39, 0.29) is 11.7 Å². The summed E-state index contributed by atoms with van der Waals surface area (Å²) in [7, 11) is 0. The summed E-state index contributed by atoms with van der Waals surface area (Å²) in [6.45, 7) is 2.49. The molecule has 3 nitrogen and oxygen atoms in total. The fourth-order valence-electron chi connectivity index (χ4n) is 1.75. The molecular formula is C12H11NO2. The highest BCUT2D eigenvalue weighted by atomic mass is 16.5. The van der Waals surface area contributed by atoms with Crippen molar-refractivity contribution in [2.75, 3.05) is 6.61 Å². The molecule has 0 aromatic heterocycles. The summed E-state index contributed by atoms with van der Waals surface area (Å²) in [6, 6.07) is 7.66. The molecule has 1 aliphatic rings. The lowest BCUT2D eigenvalue weighted by molar-refractivity contribution is 0.0998. The van der Waals surface area contributed by atoms with Gasteiger partial charge in [0.1, 0.15) is 0 Å². The van der Waals surface area contributed by atoms with Crippen LogP contribution in [0.15, 0.2) is 18.2 Å². The Kier molecular flexibility index (Phi) is 2.53. The van der Waals surface area contributed by atoms with E-state index >= 15 is 0 Å². The van der Waals surface area contributed by atoms with Crippen LogP contribution in [0.3, 0.4) is 0 Å². The number of hydrogen-bond acceptors (Lipinski definition) is 3. The Balaban J connectivity index is 2.49. The van der Waals surface area contributed by atoms with Crippen LogP contribution in [-0.4, -0.2) is 12.4 Å². The number of nitriles is 1. The molecular weight excluding hydrogens is 190 g/mol. The quantitative estimate of drug-likeness (QED) is 0.653. The molecule has 0 bridgehead atoms. The molecule has 0 aliphatic carbocycles. The van der Waals surface area contributed by atoms with Crippen molar-refractivity contribution in [2.24, 2.45) is 0 Å². The first-order chi connectivity index (χ1) is 7.22. The highest BCUT2D eigenvalue weighted by molar-refractivity contribution is 5.94. The Hall–Kier alpha value is -1.66. The highest BCUT2D eigenvalue weighted by Crippen LogP contribution is 2.27. The van der Waals surface area contributed by atoms with Gasteiger partial charge in [-0.25, -0.2) is 0 Å². The summed E-state index contributed by atoms with van der Waals surface area (Å²) in [6.07, 6.45) is 0. The lowest BCUT2D eigenvalue weighted by atomic mass is 9.91. The van der Waals surface area contributed by atoms with Gasteiger partial charge in [0.15, 0.2) is 5.78 Å². The Morgan fingerprint density at radius 3 is 3.07 bits per heavy atom. The number of rotatable bonds is 1. The van der Waals surface area contributed by atoms with Gasteiger partial charge in [-0.2, -0.15) is 5.26 Å². The van der Waals surface area contributed by atoms with Crippen LogP contribution in [0.1, 0.15) is 34.3 Å². The topological polar surface area (TPSA) is 50.1 Å². The molecule has 1 aromatic carbocycles. The van der Waals surface area contributed by atoms with Crippen LogP contribution >= 0.6 is 0 Å². The first-order valence-electron chi connectivity index (χ1n) is 4.83. The third-order valence-electron chi connectivity index (χ3n) is 2.63. The monoisotopic (exact) mass is 201 g/mol. The number of Topliss-reactive ketones (excluding diaryl/α,β-unsaturated/α-hetero) is 1. The van der Waals surface area contributed by atoms with E-state index in [9.17, 15) is 4.79 Å². The van der Waals surface area contributed by atoms with E-state index in [0.29, 0.717) is 18.8 Å². The predicted molar refractivity (Wildman–Crippen MR) is 54.5 cm³/mol. The van der Waals surface area contributed by atoms with E-state index in [1.165, 1.54) is 6.92 Å². The van der Waals surface area contributed by atoms with E-state index in [2.05, 4.69) is 6.07 Å². The standard InChI is InChI=1S/C12H11NO2/c1-8(14)9-2-3-10-6-15-7-11(5-13)12(10)4-9/h2-4,11H,6-7H2,1H3. The van der Waals surface area contributed by atoms with Gasteiger partial charge in [0.2, 0.25) is 0 Å². The molecule has 0 N–H and O–H groups in total. The average Bonchev–Trinajstić information content (AvgIpc) is 2.27. The molecule has 2 rings (SSSR count). The van der Waals surface area contributed by atoms with Crippen LogP contribution in [0.2, 0.25) is 0 Å². The van der Waals surface area contributed by atoms with Gasteiger partial charge in [-0.3, -0.25) is 4.79 Å². The number of carbonyl (C=O) groups is 1. The zero-order valence-electron chi connectivity index (χ0n) is 8.49. The Morgan fingerprint density at radius 2 is 2.40 bits per heavy atom. The first kappa shape index (κ1) is 9.88. The maximum atomic E-state index is 11.2. The van der Waals surface area contributed by atoms with Crippen LogP contribution in [0, 0.1) is 11.3 Å². The van der Waals surface area contributed by atoms with Crippen LogP contribution in [0.5, 0.6) is 0 Å². The Labute approximate surface area is 88.3 Å². The van der Waals surface area contributed by atoms with Gasteiger partial charge < -0.3 is 4.74 Å². The van der Waals surface area contributed by atoms with Crippen molar-refractivity contribution in [2.45, 2.75) is 19.4 Å². The second-order valence-corrected chi connectivity index (χ2v) is 3.67. The minimum Gasteiger partial charge on any atom is -0.375 e. The van der Waals surface area contributed by atoms with Gasteiger partial charge in [-0.05, 0) is 24.1 Å². The summed E-state index contributed by atoms with van der Waals surface area (Å²) in [4.78, 5) is 11.2. The van der Waals surface area contributed by atoms with Crippen LogP contribution in [-0.2, 0) is 11.3 Å². The maximum absolute atomic E-state index is 11.2. The molecule has 1 heterocycles. The van der Waals surface area contributed by atoms with Gasteiger partial charge in [0, 0.05) is 5.56 Å². The van der Waals surface area contributed by atoms with E-state index in [1.54, 1.807) is 6.07 Å². The van der Waals surface area contributed by atoms with Crippen molar-refractivity contribution in [3.8, 4) is 6.07 Å². The van der Waals surface area contributed by atoms with E-state index in [0.717, 1.165) is 11.1 Å². The SMILES string of the molecule is CC(=O)c1ccc2c(c1)C(C#N)COC2. The van der Waals surface area contributed by atoms with Gasteiger partial charge in [0.05, 0.1) is 25.2 Å². The number of nitrogens with zero attached hydrogens (tertiary/aromatic N) is 1. The van der Waals surface area contributed by atoms with Crippen LogP contribution in [0.25, 0.3) is 0 Å².